The van der Waals surface area contributed by atoms with Gasteiger partial charge in [0.25, 0.3) is 6.47 Å². The number of nitrogens with one attached hydrogen (secondary N) is 1. The Hall–Kier alpha value is -2.65. The third kappa shape index (κ3) is 3.17. The maximum absolute atomic E-state index is 14.9. The molecule has 6 rings (SSSR count). The lowest BCUT2D eigenvalue weighted by atomic mass is 9.70. The number of anilines is 1. The molecule has 1 N–H and O–H groups in total. The number of hydrogen-bond donors (Lipinski definition) is 1. The van der Waals surface area contributed by atoms with Crippen LogP contribution in [-0.2, 0) is 11.2 Å². The molecule has 9 heteroatoms. The molecule has 4 heterocycles. The molecule has 0 amide bonds. The van der Waals surface area contributed by atoms with Gasteiger partial charge in [0.15, 0.2) is 5.82 Å². The molecule has 1 spiro atoms. The summed E-state index contributed by atoms with van der Waals surface area (Å²) in [6.07, 6.45) is 4.16. The molecule has 1 saturated carbocycles. The number of carbonyl (C=O) groups excluding carboxylic acids is 1. The second-order valence-corrected chi connectivity index (χ2v) is 10.3. The van der Waals surface area contributed by atoms with Crippen molar-refractivity contribution < 1.29 is 13.9 Å². The van der Waals surface area contributed by atoms with Crippen LogP contribution in [0.25, 0.3) is 21.5 Å². The van der Waals surface area contributed by atoms with Gasteiger partial charge in [-0.05, 0) is 51.2 Å². The molecule has 1 aromatic carbocycles. The van der Waals surface area contributed by atoms with Crippen LogP contribution in [-0.4, -0.2) is 52.5 Å². The topological polar surface area (TPSA) is 80.2 Å². The molecule has 1 aliphatic carbocycles. The van der Waals surface area contributed by atoms with Gasteiger partial charge in [0.2, 0.25) is 0 Å². The highest BCUT2D eigenvalue weighted by Crippen LogP contribution is 2.43. The normalized spacial score (nSPS) is 23.9. The molecule has 7 nitrogen and oxygen atoms in total. The van der Waals surface area contributed by atoms with Gasteiger partial charge in [-0.25, -0.2) is 9.37 Å². The first-order chi connectivity index (χ1) is 15.5. The van der Waals surface area contributed by atoms with Crippen LogP contribution >= 0.6 is 11.3 Å². The number of ether oxygens (including phenoxy) is 1. The summed E-state index contributed by atoms with van der Waals surface area (Å²) in [7, 11) is 0. The van der Waals surface area contributed by atoms with Crippen molar-refractivity contribution in [3.05, 3.63) is 28.8 Å². The summed E-state index contributed by atoms with van der Waals surface area (Å²) in [6.45, 7) is 3.52. The molecule has 2 aliphatic heterocycles. The van der Waals surface area contributed by atoms with E-state index in [1.54, 1.807) is 17.4 Å². The Balaban J connectivity index is 1.35. The van der Waals surface area contributed by atoms with Crippen LogP contribution in [0.2, 0.25) is 0 Å². The van der Waals surface area contributed by atoms with E-state index in [1.165, 1.54) is 6.42 Å². The fraction of sp³-hybridized carbons (Fsp3) is 0.478. The summed E-state index contributed by atoms with van der Waals surface area (Å²) >= 11 is 1.58. The Kier molecular flexibility index (Phi) is 4.65. The van der Waals surface area contributed by atoms with Gasteiger partial charge >= 0.3 is 0 Å². The lowest BCUT2D eigenvalue weighted by Gasteiger charge is -2.51. The minimum atomic E-state index is -0.918. The van der Waals surface area contributed by atoms with Crippen LogP contribution in [0.4, 0.5) is 10.2 Å². The SMILES string of the molecule is Cc1nc2cc(OC=O)c(-c3cc4c(nn3)N([C@@H]3CC5(CCC5)NC[C@@H]3F)CC4)cc2s1. The summed E-state index contributed by atoms with van der Waals surface area (Å²) in [6, 6.07) is 5.56. The minimum Gasteiger partial charge on any atom is -0.428 e. The molecule has 2 fully saturated rings. The maximum atomic E-state index is 14.9. The first-order valence-corrected chi connectivity index (χ1v) is 11.9. The first-order valence-electron chi connectivity index (χ1n) is 11.1. The number of aryl methyl sites for hydroxylation is 1. The van der Waals surface area contributed by atoms with Crippen molar-refractivity contribution in [2.75, 3.05) is 18.0 Å². The fourth-order valence-corrected chi connectivity index (χ4v) is 6.26. The molecule has 32 heavy (non-hydrogen) atoms. The Morgan fingerprint density at radius 2 is 2.19 bits per heavy atom. The zero-order chi connectivity index (χ0) is 21.9. The van der Waals surface area contributed by atoms with Crippen molar-refractivity contribution in [1.82, 2.24) is 20.5 Å². The Morgan fingerprint density at radius 3 is 2.97 bits per heavy atom. The number of carbonyl (C=O) groups is 1. The maximum Gasteiger partial charge on any atom is 0.298 e. The summed E-state index contributed by atoms with van der Waals surface area (Å²) in [5.41, 5.74) is 3.31. The predicted molar refractivity (Wildman–Crippen MR) is 121 cm³/mol. The van der Waals surface area contributed by atoms with Gasteiger partial charge < -0.3 is 15.0 Å². The second-order valence-electron chi connectivity index (χ2n) is 9.09. The molecule has 2 atom stereocenters. The van der Waals surface area contributed by atoms with E-state index in [0.29, 0.717) is 30.0 Å². The van der Waals surface area contributed by atoms with E-state index in [-0.39, 0.29) is 11.6 Å². The van der Waals surface area contributed by atoms with E-state index in [9.17, 15) is 9.18 Å². The zero-order valence-corrected chi connectivity index (χ0v) is 18.6. The quantitative estimate of drug-likeness (QED) is 0.605. The van der Waals surface area contributed by atoms with Gasteiger partial charge in [0.1, 0.15) is 11.9 Å². The molecule has 1 saturated heterocycles. The van der Waals surface area contributed by atoms with Crippen molar-refractivity contribution in [2.24, 2.45) is 0 Å². The number of alkyl halides is 1. The van der Waals surface area contributed by atoms with E-state index >= 15 is 0 Å². The highest BCUT2D eigenvalue weighted by molar-refractivity contribution is 7.18. The van der Waals surface area contributed by atoms with E-state index in [4.69, 9.17) is 4.74 Å². The zero-order valence-electron chi connectivity index (χ0n) is 17.8. The van der Waals surface area contributed by atoms with Crippen LogP contribution in [0.3, 0.4) is 0 Å². The van der Waals surface area contributed by atoms with Gasteiger partial charge in [0.05, 0.1) is 27.0 Å². The van der Waals surface area contributed by atoms with Crippen LogP contribution < -0.4 is 15.0 Å². The predicted octanol–water partition coefficient (Wildman–Crippen LogP) is 3.58. The molecular weight excluding hydrogens is 429 g/mol. The summed E-state index contributed by atoms with van der Waals surface area (Å²) in [4.78, 5) is 17.7. The summed E-state index contributed by atoms with van der Waals surface area (Å²) < 4.78 is 21.2. The molecule has 0 radical (unpaired) electrons. The average molecular weight is 454 g/mol. The van der Waals surface area contributed by atoms with Crippen molar-refractivity contribution in [3.63, 3.8) is 0 Å². The van der Waals surface area contributed by atoms with Gasteiger partial charge in [-0.1, -0.05) is 0 Å². The van der Waals surface area contributed by atoms with Crippen LogP contribution in [0.1, 0.15) is 36.3 Å². The van der Waals surface area contributed by atoms with E-state index in [1.807, 2.05) is 19.1 Å². The molecule has 3 aliphatic rings. The number of hydrogen-bond acceptors (Lipinski definition) is 8. The molecule has 2 aromatic heterocycles. The molecule has 0 unspecified atom stereocenters. The van der Waals surface area contributed by atoms with Crippen molar-refractivity contribution in [2.45, 2.75) is 56.8 Å². The van der Waals surface area contributed by atoms with Crippen LogP contribution in [0, 0.1) is 6.92 Å². The smallest absolute Gasteiger partial charge is 0.298 e. The second kappa shape index (κ2) is 7.45. The largest absolute Gasteiger partial charge is 0.428 e. The van der Waals surface area contributed by atoms with Crippen molar-refractivity contribution in [1.29, 1.82) is 0 Å². The highest BCUT2D eigenvalue weighted by atomic mass is 32.1. The number of fused-ring (bicyclic) bond motifs is 2. The highest BCUT2D eigenvalue weighted by Gasteiger charge is 2.47. The van der Waals surface area contributed by atoms with E-state index < -0.39 is 6.17 Å². The molecule has 0 bridgehead atoms. The lowest BCUT2D eigenvalue weighted by molar-refractivity contribution is -0.120. The minimum absolute atomic E-state index is 0.104. The summed E-state index contributed by atoms with van der Waals surface area (Å²) in [5.74, 6) is 1.20. The van der Waals surface area contributed by atoms with Gasteiger partial charge in [0, 0.05) is 35.8 Å². The average Bonchev–Trinajstić information content (AvgIpc) is 3.34. The van der Waals surface area contributed by atoms with Gasteiger partial charge in [-0.3, -0.25) is 4.79 Å². The van der Waals surface area contributed by atoms with E-state index in [0.717, 1.165) is 58.8 Å². The number of halogens is 1. The van der Waals surface area contributed by atoms with E-state index in [2.05, 4.69) is 25.4 Å². The first kappa shape index (κ1) is 20.0. The number of aromatic nitrogens is 3. The molecule has 3 aromatic rings. The van der Waals surface area contributed by atoms with Crippen LogP contribution in [0.15, 0.2) is 18.2 Å². The van der Waals surface area contributed by atoms with Crippen molar-refractivity contribution >= 4 is 33.8 Å². The number of nitrogens with zero attached hydrogens (tertiary/aromatic N) is 4. The lowest BCUT2D eigenvalue weighted by Crippen LogP contribution is -2.64. The monoisotopic (exact) mass is 453 g/mol. The third-order valence-electron chi connectivity index (χ3n) is 7.19. The van der Waals surface area contributed by atoms with Gasteiger partial charge in [-0.2, -0.15) is 0 Å². The number of piperidine rings is 1. The Labute approximate surface area is 189 Å². The fourth-order valence-electron chi connectivity index (χ4n) is 5.41. The Bertz CT molecular complexity index is 1210. The number of rotatable bonds is 4. The summed E-state index contributed by atoms with van der Waals surface area (Å²) in [5, 5.41) is 13.4. The molecular formula is C23H24FN5O2S. The Morgan fingerprint density at radius 1 is 1.31 bits per heavy atom. The third-order valence-corrected chi connectivity index (χ3v) is 8.13. The van der Waals surface area contributed by atoms with Crippen LogP contribution in [0.5, 0.6) is 5.75 Å². The molecule has 166 valence electrons. The standard InChI is InChI=1S/C23H24FN5O2S/c1-13-26-18-9-20(31-12-30)15(8-21(18)32-13)17-7-14-3-6-29(22(14)28-27-17)19-10-23(4-2-5-23)25-11-16(19)24/h7-9,12,16,19,25H,2-6,10-11H2,1H3/t16-,19+/m0/s1. The number of thiazole rings is 1. The number of benzene rings is 1. The van der Waals surface area contributed by atoms with Crippen molar-refractivity contribution in [3.8, 4) is 17.0 Å². The van der Waals surface area contributed by atoms with Gasteiger partial charge in [-0.15, -0.1) is 21.5 Å².